The average Bonchev–Trinajstić information content (AvgIpc) is 2.75. The van der Waals surface area contributed by atoms with Crippen LogP contribution in [0.25, 0.3) is 5.52 Å². The molecule has 20 heavy (non-hydrogen) atoms. The predicted molar refractivity (Wildman–Crippen MR) is 86.5 cm³/mol. The Bertz CT molecular complexity index is 764. The zero-order valence-electron chi connectivity index (χ0n) is 11.1. The second-order valence-electron chi connectivity index (χ2n) is 4.84. The summed E-state index contributed by atoms with van der Waals surface area (Å²) in [4.78, 5) is 4.63. The third-order valence-electron chi connectivity index (χ3n) is 3.41. The number of halogens is 2. The number of aromatic nitrogens is 2. The molecular formula is C16H14BrClN2. The molecule has 0 aliphatic rings. The van der Waals surface area contributed by atoms with Crippen molar-refractivity contribution < 1.29 is 0 Å². The van der Waals surface area contributed by atoms with Gasteiger partial charge in [-0.05, 0) is 59.1 Å². The smallest absolute Gasteiger partial charge is 0.132 e. The lowest BCUT2D eigenvalue weighted by molar-refractivity contribution is 0.840. The zero-order valence-corrected chi connectivity index (χ0v) is 13.4. The van der Waals surface area contributed by atoms with E-state index in [1.165, 1.54) is 11.3 Å². The number of aryl methyl sites for hydroxylation is 3. The van der Waals surface area contributed by atoms with Crippen molar-refractivity contribution in [1.29, 1.82) is 0 Å². The first-order chi connectivity index (χ1) is 9.65. The van der Waals surface area contributed by atoms with Crippen molar-refractivity contribution in [2.45, 2.75) is 19.8 Å². The lowest BCUT2D eigenvalue weighted by Crippen LogP contribution is -2.00. The summed E-state index contributed by atoms with van der Waals surface area (Å²) in [5.74, 6) is 1.07. The van der Waals surface area contributed by atoms with Crippen LogP contribution in [0.5, 0.6) is 0 Å². The van der Waals surface area contributed by atoms with E-state index in [1.807, 2.05) is 18.2 Å². The van der Waals surface area contributed by atoms with E-state index in [1.54, 1.807) is 0 Å². The topological polar surface area (TPSA) is 17.3 Å². The molecule has 0 spiro atoms. The van der Waals surface area contributed by atoms with Gasteiger partial charge in [-0.3, -0.25) is 4.40 Å². The van der Waals surface area contributed by atoms with Crippen LogP contribution in [0.2, 0.25) is 5.02 Å². The minimum Gasteiger partial charge on any atom is -0.300 e. The quantitative estimate of drug-likeness (QED) is 0.661. The molecule has 0 fully saturated rings. The van der Waals surface area contributed by atoms with Crippen LogP contribution in [-0.2, 0) is 12.8 Å². The van der Waals surface area contributed by atoms with Crippen LogP contribution < -0.4 is 0 Å². The van der Waals surface area contributed by atoms with Crippen LogP contribution in [-0.4, -0.2) is 9.38 Å². The highest BCUT2D eigenvalue weighted by molar-refractivity contribution is 9.10. The van der Waals surface area contributed by atoms with Crippen LogP contribution in [0.15, 0.2) is 47.1 Å². The van der Waals surface area contributed by atoms with Gasteiger partial charge in [0.15, 0.2) is 0 Å². The molecule has 0 aliphatic heterocycles. The van der Waals surface area contributed by atoms with Crippen molar-refractivity contribution in [2.24, 2.45) is 0 Å². The summed E-state index contributed by atoms with van der Waals surface area (Å²) in [5, 5.41) is 0.785. The Morgan fingerprint density at radius 1 is 1.15 bits per heavy atom. The van der Waals surface area contributed by atoms with E-state index in [9.17, 15) is 0 Å². The second kappa shape index (κ2) is 5.58. The number of hydrogen-bond donors (Lipinski definition) is 0. The first-order valence-electron chi connectivity index (χ1n) is 6.52. The summed E-state index contributed by atoms with van der Waals surface area (Å²) in [6.07, 6.45) is 1.82. The summed E-state index contributed by atoms with van der Waals surface area (Å²) < 4.78 is 3.11. The van der Waals surface area contributed by atoms with Gasteiger partial charge in [-0.25, -0.2) is 4.98 Å². The molecule has 102 valence electrons. The SMILES string of the molecule is Cc1cccc2c(Br)nc(CCc3cccc(Cl)c3)n12. The Balaban J connectivity index is 1.92. The van der Waals surface area contributed by atoms with Crippen molar-refractivity contribution in [2.75, 3.05) is 0 Å². The molecule has 0 bridgehead atoms. The van der Waals surface area contributed by atoms with Gasteiger partial charge in [-0.2, -0.15) is 0 Å². The molecule has 0 aliphatic carbocycles. The van der Waals surface area contributed by atoms with Gasteiger partial charge in [0.05, 0.1) is 5.52 Å². The summed E-state index contributed by atoms with van der Waals surface area (Å²) in [5.41, 5.74) is 3.55. The molecular weight excluding hydrogens is 336 g/mol. The summed E-state index contributed by atoms with van der Waals surface area (Å²) in [6, 6.07) is 14.2. The fourth-order valence-corrected chi connectivity index (χ4v) is 3.19. The van der Waals surface area contributed by atoms with E-state index in [2.05, 4.69) is 56.5 Å². The predicted octanol–water partition coefficient (Wildman–Crippen LogP) is 4.84. The van der Waals surface area contributed by atoms with Crippen LogP contribution in [0.1, 0.15) is 17.1 Å². The Hall–Kier alpha value is -1.32. The highest BCUT2D eigenvalue weighted by atomic mass is 79.9. The minimum atomic E-state index is 0.785. The van der Waals surface area contributed by atoms with Crippen LogP contribution >= 0.6 is 27.5 Å². The molecule has 0 saturated carbocycles. The number of imidazole rings is 1. The van der Waals surface area contributed by atoms with E-state index >= 15 is 0 Å². The first-order valence-corrected chi connectivity index (χ1v) is 7.69. The van der Waals surface area contributed by atoms with E-state index in [0.717, 1.165) is 33.8 Å². The van der Waals surface area contributed by atoms with Crippen molar-refractivity contribution >= 4 is 33.0 Å². The maximum absolute atomic E-state index is 6.02. The van der Waals surface area contributed by atoms with Gasteiger partial charge in [-0.1, -0.05) is 29.8 Å². The highest BCUT2D eigenvalue weighted by Gasteiger charge is 2.10. The molecule has 1 aromatic carbocycles. The van der Waals surface area contributed by atoms with Crippen molar-refractivity contribution in [3.8, 4) is 0 Å². The summed E-state index contributed by atoms with van der Waals surface area (Å²) in [7, 11) is 0. The number of pyridine rings is 1. The molecule has 2 aromatic heterocycles. The van der Waals surface area contributed by atoms with E-state index in [-0.39, 0.29) is 0 Å². The summed E-state index contributed by atoms with van der Waals surface area (Å²) >= 11 is 9.56. The Kier molecular flexibility index (Phi) is 3.81. The molecule has 0 amide bonds. The molecule has 0 unspecified atom stereocenters. The third-order valence-corrected chi connectivity index (χ3v) is 4.23. The monoisotopic (exact) mass is 348 g/mol. The molecule has 3 rings (SSSR count). The molecule has 2 heterocycles. The van der Waals surface area contributed by atoms with Gasteiger partial charge in [0.1, 0.15) is 10.4 Å². The Morgan fingerprint density at radius 2 is 1.95 bits per heavy atom. The van der Waals surface area contributed by atoms with E-state index < -0.39 is 0 Å². The number of rotatable bonds is 3. The molecule has 0 radical (unpaired) electrons. The lowest BCUT2D eigenvalue weighted by Gasteiger charge is -2.05. The van der Waals surface area contributed by atoms with Crippen molar-refractivity contribution in [3.05, 3.63) is 69.2 Å². The van der Waals surface area contributed by atoms with Gasteiger partial charge < -0.3 is 0 Å². The van der Waals surface area contributed by atoms with Crippen LogP contribution in [0.3, 0.4) is 0 Å². The van der Waals surface area contributed by atoms with Gasteiger partial charge in [0.2, 0.25) is 0 Å². The summed E-state index contributed by atoms with van der Waals surface area (Å²) in [6.45, 7) is 2.10. The number of nitrogens with zero attached hydrogens (tertiary/aromatic N) is 2. The highest BCUT2D eigenvalue weighted by Crippen LogP contribution is 2.22. The molecule has 0 atom stereocenters. The van der Waals surface area contributed by atoms with Gasteiger partial charge in [-0.15, -0.1) is 0 Å². The Labute approximate surface area is 131 Å². The molecule has 0 saturated heterocycles. The van der Waals surface area contributed by atoms with Gasteiger partial charge in [0, 0.05) is 17.1 Å². The van der Waals surface area contributed by atoms with Crippen molar-refractivity contribution in [3.63, 3.8) is 0 Å². The third kappa shape index (κ3) is 2.60. The Morgan fingerprint density at radius 3 is 2.75 bits per heavy atom. The van der Waals surface area contributed by atoms with Crippen molar-refractivity contribution in [1.82, 2.24) is 9.38 Å². The first kappa shape index (κ1) is 13.7. The maximum Gasteiger partial charge on any atom is 0.132 e. The number of hydrogen-bond acceptors (Lipinski definition) is 1. The fourth-order valence-electron chi connectivity index (χ4n) is 2.46. The average molecular weight is 350 g/mol. The normalized spacial score (nSPS) is 11.2. The zero-order chi connectivity index (χ0) is 14.1. The van der Waals surface area contributed by atoms with E-state index in [0.29, 0.717) is 0 Å². The molecule has 3 aromatic rings. The van der Waals surface area contributed by atoms with E-state index in [4.69, 9.17) is 11.6 Å². The fraction of sp³-hybridized carbons (Fsp3) is 0.188. The number of benzene rings is 1. The van der Waals surface area contributed by atoms with Gasteiger partial charge >= 0.3 is 0 Å². The van der Waals surface area contributed by atoms with Gasteiger partial charge in [0.25, 0.3) is 0 Å². The minimum absolute atomic E-state index is 0.785. The number of fused-ring (bicyclic) bond motifs is 1. The lowest BCUT2D eigenvalue weighted by atomic mass is 10.1. The largest absolute Gasteiger partial charge is 0.300 e. The van der Waals surface area contributed by atoms with Crippen LogP contribution in [0, 0.1) is 6.92 Å². The standard InChI is InChI=1S/C16H14BrClN2/c1-11-4-2-7-14-16(17)19-15(20(11)14)9-8-12-5-3-6-13(18)10-12/h2-7,10H,8-9H2,1H3. The molecule has 4 heteroatoms. The second-order valence-corrected chi connectivity index (χ2v) is 6.02. The molecule has 0 N–H and O–H groups in total. The maximum atomic E-state index is 6.02. The molecule has 2 nitrogen and oxygen atoms in total. The van der Waals surface area contributed by atoms with Crippen LogP contribution in [0.4, 0.5) is 0 Å².